The van der Waals surface area contributed by atoms with Gasteiger partial charge in [-0.3, -0.25) is 0 Å². The first-order valence-electron chi connectivity index (χ1n) is 5.53. The van der Waals surface area contributed by atoms with E-state index in [9.17, 15) is 0 Å². The normalized spacial score (nSPS) is 10.4. The lowest BCUT2D eigenvalue weighted by Gasteiger charge is -2.06. The molecule has 0 saturated heterocycles. The van der Waals surface area contributed by atoms with Crippen LogP contribution in [-0.4, -0.2) is 4.57 Å². The van der Waals surface area contributed by atoms with Crippen molar-refractivity contribution in [2.75, 3.05) is 5.73 Å². The molecule has 0 atom stereocenters. The fourth-order valence-electron chi connectivity index (χ4n) is 1.96. The van der Waals surface area contributed by atoms with E-state index in [-0.39, 0.29) is 0 Å². The number of nitrogens with two attached hydrogens (primary N) is 1. The average Bonchev–Trinajstić information content (AvgIpc) is 2.69. The van der Waals surface area contributed by atoms with Crippen molar-refractivity contribution < 1.29 is 0 Å². The van der Waals surface area contributed by atoms with Crippen LogP contribution in [0.4, 0.5) is 5.69 Å². The first-order chi connectivity index (χ1) is 7.83. The number of aromatic nitrogens is 1. The predicted molar refractivity (Wildman–Crippen MR) is 65.8 cm³/mol. The molecule has 0 saturated carbocycles. The monoisotopic (exact) mass is 213 g/mol. The van der Waals surface area contributed by atoms with Gasteiger partial charge in [0.05, 0.1) is 17.3 Å². The predicted octanol–water partition coefficient (Wildman–Crippen LogP) is 2.92. The van der Waals surface area contributed by atoms with Gasteiger partial charge in [0.25, 0.3) is 0 Å². The van der Waals surface area contributed by atoms with E-state index in [4.69, 9.17) is 11.0 Å². The zero-order valence-electron chi connectivity index (χ0n) is 9.19. The van der Waals surface area contributed by atoms with Crippen LogP contribution in [-0.2, 0) is 6.54 Å². The Morgan fingerprint density at radius 1 is 1.25 bits per heavy atom. The summed E-state index contributed by atoms with van der Waals surface area (Å²) in [7, 11) is 0. The Morgan fingerprint density at radius 2 is 2.12 bits per heavy atom. The van der Waals surface area contributed by atoms with Gasteiger partial charge in [0.15, 0.2) is 0 Å². The maximum Gasteiger partial charge on any atom is 0.0713 e. The van der Waals surface area contributed by atoms with Crippen LogP contribution in [0.15, 0.2) is 30.5 Å². The first-order valence-corrected chi connectivity index (χ1v) is 5.53. The third kappa shape index (κ3) is 2.01. The van der Waals surface area contributed by atoms with E-state index in [2.05, 4.69) is 29.0 Å². The van der Waals surface area contributed by atoms with Crippen LogP contribution < -0.4 is 5.73 Å². The topological polar surface area (TPSA) is 54.7 Å². The van der Waals surface area contributed by atoms with Crippen molar-refractivity contribution in [2.45, 2.75) is 25.8 Å². The van der Waals surface area contributed by atoms with Crippen molar-refractivity contribution in [1.82, 2.24) is 4.57 Å². The van der Waals surface area contributed by atoms with Gasteiger partial charge in [0.1, 0.15) is 0 Å². The Kier molecular flexibility index (Phi) is 3.11. The van der Waals surface area contributed by atoms with Crippen molar-refractivity contribution >= 4 is 16.6 Å². The summed E-state index contributed by atoms with van der Waals surface area (Å²) in [6.45, 7) is 0.930. The molecule has 3 heteroatoms. The molecule has 0 spiro atoms. The number of fused-ring (bicyclic) bond motifs is 1. The van der Waals surface area contributed by atoms with Crippen molar-refractivity contribution in [3.8, 4) is 6.07 Å². The Labute approximate surface area is 95.1 Å². The van der Waals surface area contributed by atoms with Gasteiger partial charge >= 0.3 is 0 Å². The number of rotatable bonds is 4. The van der Waals surface area contributed by atoms with Crippen LogP contribution in [0.2, 0.25) is 0 Å². The van der Waals surface area contributed by atoms with E-state index in [0.717, 1.165) is 30.6 Å². The number of para-hydroxylation sites is 1. The summed E-state index contributed by atoms with van der Waals surface area (Å²) in [4.78, 5) is 0. The van der Waals surface area contributed by atoms with Gasteiger partial charge < -0.3 is 10.3 Å². The molecule has 82 valence electrons. The molecule has 0 fully saturated rings. The van der Waals surface area contributed by atoms with Crippen molar-refractivity contribution in [2.24, 2.45) is 0 Å². The van der Waals surface area contributed by atoms with E-state index < -0.39 is 0 Å². The Bertz CT molecular complexity index is 519. The Balaban J connectivity index is 2.16. The molecule has 2 aromatic rings. The molecule has 1 heterocycles. The SMILES string of the molecule is N#CCCCCn1ccc2cccc(N)c21. The van der Waals surface area contributed by atoms with E-state index in [1.807, 2.05) is 12.1 Å². The Hall–Kier alpha value is -1.95. The molecule has 3 nitrogen and oxygen atoms in total. The van der Waals surface area contributed by atoms with Crippen LogP contribution in [0, 0.1) is 11.3 Å². The maximum absolute atomic E-state index is 8.46. The highest BCUT2D eigenvalue weighted by Crippen LogP contribution is 2.22. The molecule has 2 rings (SSSR count). The second-order valence-corrected chi connectivity index (χ2v) is 3.91. The largest absolute Gasteiger partial charge is 0.397 e. The highest BCUT2D eigenvalue weighted by atomic mass is 15.0. The summed E-state index contributed by atoms with van der Waals surface area (Å²) >= 11 is 0. The average molecular weight is 213 g/mol. The zero-order valence-corrected chi connectivity index (χ0v) is 9.19. The minimum atomic E-state index is 0.634. The molecule has 0 aliphatic carbocycles. The lowest BCUT2D eigenvalue weighted by atomic mass is 10.2. The summed E-state index contributed by atoms with van der Waals surface area (Å²) in [6, 6.07) is 10.2. The highest BCUT2D eigenvalue weighted by Gasteiger charge is 2.03. The molecule has 0 radical (unpaired) electrons. The molecule has 0 unspecified atom stereocenters. The standard InChI is InChI=1S/C13H15N3/c14-8-2-1-3-9-16-10-7-11-5-4-6-12(15)13(11)16/h4-7,10H,1-3,9,15H2. The van der Waals surface area contributed by atoms with Crippen LogP contribution in [0.1, 0.15) is 19.3 Å². The van der Waals surface area contributed by atoms with Gasteiger partial charge in [0.2, 0.25) is 0 Å². The van der Waals surface area contributed by atoms with E-state index in [1.54, 1.807) is 0 Å². The summed E-state index contributed by atoms with van der Waals surface area (Å²) in [5.74, 6) is 0. The summed E-state index contributed by atoms with van der Waals surface area (Å²) in [5, 5.41) is 9.64. The lowest BCUT2D eigenvalue weighted by Crippen LogP contribution is -1.98. The summed E-state index contributed by atoms with van der Waals surface area (Å²) < 4.78 is 2.17. The minimum Gasteiger partial charge on any atom is -0.397 e. The van der Waals surface area contributed by atoms with Crippen LogP contribution >= 0.6 is 0 Å². The van der Waals surface area contributed by atoms with Crippen LogP contribution in [0.5, 0.6) is 0 Å². The van der Waals surface area contributed by atoms with Gasteiger partial charge in [-0.15, -0.1) is 0 Å². The molecule has 0 aliphatic heterocycles. The number of nitriles is 1. The molecule has 0 bridgehead atoms. The maximum atomic E-state index is 8.46. The number of unbranched alkanes of at least 4 members (excludes halogenated alkanes) is 2. The number of benzene rings is 1. The second kappa shape index (κ2) is 4.71. The summed E-state index contributed by atoms with van der Waals surface area (Å²) in [5.41, 5.74) is 7.89. The molecule has 0 amide bonds. The smallest absolute Gasteiger partial charge is 0.0713 e. The number of nitrogen functional groups attached to an aromatic ring is 1. The molecule has 16 heavy (non-hydrogen) atoms. The fraction of sp³-hybridized carbons (Fsp3) is 0.308. The minimum absolute atomic E-state index is 0.634. The quantitative estimate of drug-likeness (QED) is 0.627. The van der Waals surface area contributed by atoms with Crippen molar-refractivity contribution in [3.63, 3.8) is 0 Å². The zero-order chi connectivity index (χ0) is 11.4. The van der Waals surface area contributed by atoms with Crippen molar-refractivity contribution in [3.05, 3.63) is 30.5 Å². The Morgan fingerprint density at radius 3 is 2.94 bits per heavy atom. The van der Waals surface area contributed by atoms with Crippen LogP contribution in [0.3, 0.4) is 0 Å². The number of nitrogens with zero attached hydrogens (tertiary/aromatic N) is 2. The second-order valence-electron chi connectivity index (χ2n) is 3.91. The highest BCUT2D eigenvalue weighted by molar-refractivity contribution is 5.90. The van der Waals surface area contributed by atoms with Crippen LogP contribution in [0.25, 0.3) is 10.9 Å². The number of hydrogen-bond acceptors (Lipinski definition) is 2. The van der Waals surface area contributed by atoms with E-state index >= 15 is 0 Å². The molecule has 1 aromatic carbocycles. The number of aryl methyl sites for hydroxylation is 1. The van der Waals surface area contributed by atoms with Gasteiger partial charge in [-0.2, -0.15) is 5.26 Å². The van der Waals surface area contributed by atoms with Gasteiger partial charge in [-0.1, -0.05) is 12.1 Å². The molecular formula is C13H15N3. The van der Waals surface area contributed by atoms with Crippen molar-refractivity contribution in [1.29, 1.82) is 5.26 Å². The fourth-order valence-corrected chi connectivity index (χ4v) is 1.96. The van der Waals surface area contributed by atoms with Gasteiger partial charge in [-0.25, -0.2) is 0 Å². The van der Waals surface area contributed by atoms with Gasteiger partial charge in [0, 0.05) is 24.5 Å². The summed E-state index contributed by atoms with van der Waals surface area (Å²) in [6.07, 6.45) is 4.66. The molecule has 0 aliphatic rings. The lowest BCUT2D eigenvalue weighted by molar-refractivity contribution is 0.632. The number of hydrogen-bond donors (Lipinski definition) is 1. The molecule has 1 aromatic heterocycles. The number of anilines is 1. The molecular weight excluding hydrogens is 198 g/mol. The van der Waals surface area contributed by atoms with E-state index in [1.165, 1.54) is 5.39 Å². The van der Waals surface area contributed by atoms with E-state index in [0.29, 0.717) is 6.42 Å². The molecule has 2 N–H and O–H groups in total. The first kappa shape index (κ1) is 10.6. The third-order valence-electron chi connectivity index (χ3n) is 2.76. The third-order valence-corrected chi connectivity index (χ3v) is 2.76. The van der Waals surface area contributed by atoms with Gasteiger partial charge in [-0.05, 0) is 25.0 Å².